The van der Waals surface area contributed by atoms with Gasteiger partial charge in [-0.2, -0.15) is 5.10 Å². The number of aryl methyl sites for hydroxylation is 2. The molecule has 0 radical (unpaired) electrons. The first-order valence-electron chi connectivity index (χ1n) is 8.72. The topological polar surface area (TPSA) is 67.1 Å². The second-order valence-electron chi connectivity index (χ2n) is 6.27. The molecule has 0 aliphatic carbocycles. The number of nitrogens with one attached hydrogen (secondary N) is 2. The number of pyridine rings is 1. The number of aliphatic imine (C=N–C) groups is 1. The predicted octanol–water partition coefficient (Wildman–Crippen LogP) is 3.40. The molecule has 0 saturated carbocycles. The maximum absolute atomic E-state index is 5.91. The van der Waals surface area contributed by atoms with Crippen LogP contribution in [0.15, 0.2) is 53.7 Å². The molecule has 0 aliphatic rings. The maximum Gasteiger partial charge on any atom is 0.191 e. The number of halogens is 1. The van der Waals surface area contributed by atoms with E-state index in [0.29, 0.717) is 13.1 Å². The van der Waals surface area contributed by atoms with Gasteiger partial charge in [-0.25, -0.2) is 9.67 Å². The van der Waals surface area contributed by atoms with Gasteiger partial charge in [-0.15, -0.1) is 0 Å². The maximum atomic E-state index is 5.91. The highest BCUT2D eigenvalue weighted by Gasteiger charge is 2.05. The second kappa shape index (κ2) is 8.68. The van der Waals surface area contributed by atoms with E-state index >= 15 is 0 Å². The highest BCUT2D eigenvalue weighted by molar-refractivity contribution is 6.30. The van der Waals surface area contributed by atoms with Gasteiger partial charge in [0.05, 0.1) is 5.69 Å². The van der Waals surface area contributed by atoms with Crippen LogP contribution >= 0.6 is 11.6 Å². The first-order chi connectivity index (χ1) is 13.0. The first-order valence-corrected chi connectivity index (χ1v) is 9.10. The van der Waals surface area contributed by atoms with Gasteiger partial charge in [0.1, 0.15) is 0 Å². The van der Waals surface area contributed by atoms with Crippen LogP contribution in [0, 0.1) is 13.8 Å². The normalized spacial score (nSPS) is 11.5. The summed E-state index contributed by atoms with van der Waals surface area (Å²) in [5.74, 6) is 1.54. The highest BCUT2D eigenvalue weighted by atomic mass is 35.5. The molecule has 2 aromatic heterocycles. The van der Waals surface area contributed by atoms with E-state index in [9.17, 15) is 0 Å². The van der Waals surface area contributed by atoms with Gasteiger partial charge in [0, 0.05) is 37.1 Å². The molecule has 0 atom stereocenters. The van der Waals surface area contributed by atoms with E-state index in [4.69, 9.17) is 11.6 Å². The number of guanidine groups is 1. The van der Waals surface area contributed by atoms with Crippen LogP contribution in [0.4, 0.5) is 0 Å². The van der Waals surface area contributed by atoms with Crippen LogP contribution in [0.3, 0.4) is 0 Å². The molecule has 6 nitrogen and oxygen atoms in total. The van der Waals surface area contributed by atoms with Crippen LogP contribution in [0.2, 0.25) is 5.02 Å². The van der Waals surface area contributed by atoms with Crippen molar-refractivity contribution in [1.82, 2.24) is 25.4 Å². The Kier molecular flexibility index (Phi) is 6.08. The third-order valence-electron chi connectivity index (χ3n) is 4.09. The van der Waals surface area contributed by atoms with Crippen LogP contribution in [0.5, 0.6) is 0 Å². The van der Waals surface area contributed by atoms with Crippen molar-refractivity contribution in [2.45, 2.75) is 26.9 Å². The van der Waals surface area contributed by atoms with Crippen LogP contribution in [-0.2, 0) is 13.1 Å². The smallest absolute Gasteiger partial charge is 0.191 e. The molecular formula is C20H23ClN6. The largest absolute Gasteiger partial charge is 0.352 e. The third kappa shape index (κ3) is 5.08. The zero-order chi connectivity index (χ0) is 19.2. The molecule has 140 valence electrons. The van der Waals surface area contributed by atoms with Crippen molar-refractivity contribution in [3.8, 4) is 5.82 Å². The van der Waals surface area contributed by atoms with E-state index in [-0.39, 0.29) is 0 Å². The summed E-state index contributed by atoms with van der Waals surface area (Å²) >= 11 is 5.91. The van der Waals surface area contributed by atoms with E-state index in [1.807, 2.05) is 67.2 Å². The molecule has 0 saturated heterocycles. The summed E-state index contributed by atoms with van der Waals surface area (Å²) in [6, 6.07) is 13.8. The number of rotatable bonds is 5. The van der Waals surface area contributed by atoms with Crippen molar-refractivity contribution in [3.05, 3.63) is 76.2 Å². The van der Waals surface area contributed by atoms with Gasteiger partial charge in [-0.1, -0.05) is 29.8 Å². The fraction of sp³-hybridized carbons (Fsp3) is 0.250. The van der Waals surface area contributed by atoms with Crippen LogP contribution in [-0.4, -0.2) is 27.8 Å². The summed E-state index contributed by atoms with van der Waals surface area (Å²) in [4.78, 5) is 8.77. The molecule has 2 heterocycles. The Labute approximate surface area is 164 Å². The Hall–Kier alpha value is -2.86. The van der Waals surface area contributed by atoms with Crippen molar-refractivity contribution in [3.63, 3.8) is 0 Å². The number of nitrogens with zero attached hydrogens (tertiary/aromatic N) is 4. The van der Waals surface area contributed by atoms with E-state index in [1.54, 1.807) is 7.05 Å². The zero-order valence-electron chi connectivity index (χ0n) is 15.7. The fourth-order valence-electron chi connectivity index (χ4n) is 2.70. The van der Waals surface area contributed by atoms with Crippen molar-refractivity contribution in [2.24, 2.45) is 4.99 Å². The van der Waals surface area contributed by atoms with E-state index < -0.39 is 0 Å². The minimum atomic E-state index is 0.630. The summed E-state index contributed by atoms with van der Waals surface area (Å²) in [5, 5.41) is 11.8. The van der Waals surface area contributed by atoms with Gasteiger partial charge >= 0.3 is 0 Å². The van der Waals surface area contributed by atoms with Crippen molar-refractivity contribution < 1.29 is 0 Å². The predicted molar refractivity (Wildman–Crippen MR) is 109 cm³/mol. The van der Waals surface area contributed by atoms with Gasteiger partial charge in [0.15, 0.2) is 11.8 Å². The van der Waals surface area contributed by atoms with E-state index in [2.05, 4.69) is 25.7 Å². The van der Waals surface area contributed by atoms with Gasteiger partial charge in [0.2, 0.25) is 0 Å². The molecule has 0 unspecified atom stereocenters. The highest BCUT2D eigenvalue weighted by Crippen LogP contribution is 2.11. The summed E-state index contributed by atoms with van der Waals surface area (Å²) in [6.07, 6.45) is 1.85. The average Bonchev–Trinajstić information content (AvgIpc) is 3.02. The SMILES string of the molecule is CN=C(NCc1ccc(Cl)cc1)NCc1ccc(-n2nc(C)cc2C)nc1. The minimum Gasteiger partial charge on any atom is -0.352 e. The van der Waals surface area contributed by atoms with E-state index in [1.165, 1.54) is 0 Å². The molecule has 0 bridgehead atoms. The summed E-state index contributed by atoms with van der Waals surface area (Å²) in [7, 11) is 1.75. The molecule has 0 spiro atoms. The summed E-state index contributed by atoms with van der Waals surface area (Å²) in [5.41, 5.74) is 4.25. The molecule has 7 heteroatoms. The molecule has 27 heavy (non-hydrogen) atoms. The quantitative estimate of drug-likeness (QED) is 0.524. The van der Waals surface area contributed by atoms with Crippen LogP contribution in [0.1, 0.15) is 22.5 Å². The Balaban J connectivity index is 1.55. The van der Waals surface area contributed by atoms with Crippen LogP contribution < -0.4 is 10.6 Å². The molecule has 0 fully saturated rings. The Morgan fingerprint density at radius 2 is 1.70 bits per heavy atom. The monoisotopic (exact) mass is 382 g/mol. The molecule has 0 amide bonds. The fourth-order valence-corrected chi connectivity index (χ4v) is 2.83. The molecule has 3 rings (SSSR count). The molecule has 0 aliphatic heterocycles. The Bertz CT molecular complexity index is 913. The number of aromatic nitrogens is 3. The van der Waals surface area contributed by atoms with Crippen molar-refractivity contribution >= 4 is 17.6 Å². The lowest BCUT2D eigenvalue weighted by Gasteiger charge is -2.12. The van der Waals surface area contributed by atoms with Crippen molar-refractivity contribution in [1.29, 1.82) is 0 Å². The summed E-state index contributed by atoms with van der Waals surface area (Å²) < 4.78 is 1.85. The van der Waals surface area contributed by atoms with Crippen LogP contribution in [0.25, 0.3) is 5.82 Å². The van der Waals surface area contributed by atoms with Gasteiger partial charge < -0.3 is 10.6 Å². The minimum absolute atomic E-state index is 0.630. The summed E-state index contributed by atoms with van der Waals surface area (Å²) in [6.45, 7) is 5.30. The Morgan fingerprint density at radius 3 is 2.26 bits per heavy atom. The lowest BCUT2D eigenvalue weighted by Crippen LogP contribution is -2.36. The van der Waals surface area contributed by atoms with Crippen molar-refractivity contribution in [2.75, 3.05) is 7.05 Å². The molecule has 2 N–H and O–H groups in total. The number of benzene rings is 1. The zero-order valence-corrected chi connectivity index (χ0v) is 16.5. The second-order valence-corrected chi connectivity index (χ2v) is 6.71. The lowest BCUT2D eigenvalue weighted by atomic mass is 10.2. The Morgan fingerprint density at radius 1 is 1.04 bits per heavy atom. The molecule has 1 aromatic carbocycles. The number of hydrogen-bond donors (Lipinski definition) is 2. The third-order valence-corrected chi connectivity index (χ3v) is 4.34. The molecular weight excluding hydrogens is 360 g/mol. The average molecular weight is 383 g/mol. The lowest BCUT2D eigenvalue weighted by molar-refractivity contribution is 0.790. The van der Waals surface area contributed by atoms with Gasteiger partial charge in [-0.05, 0) is 49.2 Å². The van der Waals surface area contributed by atoms with Gasteiger partial charge in [-0.3, -0.25) is 4.99 Å². The standard InChI is InChI=1S/C20H23ClN6/c1-14-10-15(2)27(26-14)19-9-6-17(12-23-19)13-25-20(22-3)24-11-16-4-7-18(21)8-5-16/h4-10,12H,11,13H2,1-3H3,(H2,22,24,25). The molecule has 3 aromatic rings. The first kappa shape index (κ1) is 18.9. The number of hydrogen-bond acceptors (Lipinski definition) is 3. The van der Waals surface area contributed by atoms with Gasteiger partial charge in [0.25, 0.3) is 0 Å². The van der Waals surface area contributed by atoms with E-state index in [0.717, 1.165) is 39.3 Å².